The van der Waals surface area contributed by atoms with E-state index in [0.29, 0.717) is 12.8 Å². The number of nitrogens with zero attached hydrogens (tertiary/aromatic N) is 6. The standard InChI is InChI=1S/C17H16N6/c18-9-15(10-19)7-5-3-1-2-4-6-8-16(11-20,12-21)17(15,13-22)14-23/h1-8H2. The molecule has 0 amide bonds. The number of rotatable bonds is 0. The van der Waals surface area contributed by atoms with Gasteiger partial charge in [-0.05, 0) is 12.8 Å². The molecular weight excluding hydrogens is 288 g/mol. The molecule has 0 heterocycles. The minimum atomic E-state index is -2.29. The number of hydrogen-bond donors (Lipinski definition) is 0. The minimum absolute atomic E-state index is 0.00618. The van der Waals surface area contributed by atoms with Gasteiger partial charge in [-0.1, -0.05) is 38.5 Å². The summed E-state index contributed by atoms with van der Waals surface area (Å²) in [5.74, 6) is 0. The van der Waals surface area contributed by atoms with Gasteiger partial charge in [-0.15, -0.1) is 0 Å². The van der Waals surface area contributed by atoms with Gasteiger partial charge < -0.3 is 0 Å². The molecule has 0 aromatic carbocycles. The fourth-order valence-electron chi connectivity index (χ4n) is 3.24. The molecule has 0 bridgehead atoms. The topological polar surface area (TPSA) is 143 Å². The molecule has 6 nitrogen and oxygen atoms in total. The predicted molar refractivity (Wildman–Crippen MR) is 77.9 cm³/mol. The van der Waals surface area contributed by atoms with E-state index in [1.807, 2.05) is 24.3 Å². The van der Waals surface area contributed by atoms with Gasteiger partial charge >= 0.3 is 0 Å². The maximum Gasteiger partial charge on any atom is 0.206 e. The molecule has 0 unspecified atom stereocenters. The Labute approximate surface area is 136 Å². The van der Waals surface area contributed by atoms with Gasteiger partial charge in [-0.25, -0.2) is 0 Å². The van der Waals surface area contributed by atoms with Crippen molar-refractivity contribution < 1.29 is 0 Å². The third-order valence-electron chi connectivity index (χ3n) is 4.73. The van der Waals surface area contributed by atoms with Gasteiger partial charge in [0.1, 0.15) is 0 Å². The zero-order valence-corrected chi connectivity index (χ0v) is 12.8. The van der Waals surface area contributed by atoms with Gasteiger partial charge in [0.05, 0.1) is 36.4 Å². The van der Waals surface area contributed by atoms with E-state index in [1.54, 1.807) is 12.1 Å². The molecule has 0 spiro atoms. The second-order valence-electron chi connectivity index (χ2n) is 5.85. The minimum Gasteiger partial charge on any atom is -0.196 e. The highest BCUT2D eigenvalue weighted by atomic mass is 14.6. The first-order valence-corrected chi connectivity index (χ1v) is 7.55. The van der Waals surface area contributed by atoms with Gasteiger partial charge in [0.15, 0.2) is 10.8 Å². The van der Waals surface area contributed by atoms with Crippen LogP contribution < -0.4 is 0 Å². The van der Waals surface area contributed by atoms with E-state index >= 15 is 0 Å². The number of hydrogen-bond acceptors (Lipinski definition) is 6. The van der Waals surface area contributed by atoms with E-state index in [9.17, 15) is 31.6 Å². The molecule has 0 aliphatic heterocycles. The second kappa shape index (κ2) is 7.28. The SMILES string of the molecule is N#CC1(C#N)CCCCCCCCC(C#N)(C#N)C1(C#N)C#N. The Kier molecular flexibility index (Phi) is 5.69. The van der Waals surface area contributed by atoms with Crippen LogP contribution in [-0.2, 0) is 0 Å². The van der Waals surface area contributed by atoms with E-state index in [0.717, 1.165) is 25.7 Å². The molecular formula is C17H16N6. The molecule has 0 radical (unpaired) electrons. The van der Waals surface area contributed by atoms with Crippen molar-refractivity contribution >= 4 is 0 Å². The second-order valence-corrected chi connectivity index (χ2v) is 5.85. The van der Waals surface area contributed by atoms with Gasteiger partial charge in [0, 0.05) is 0 Å². The van der Waals surface area contributed by atoms with Crippen molar-refractivity contribution in [2.24, 2.45) is 16.2 Å². The Morgan fingerprint density at radius 3 is 1.00 bits per heavy atom. The molecule has 0 saturated heterocycles. The summed E-state index contributed by atoms with van der Waals surface area (Å²) in [7, 11) is 0. The fraction of sp³-hybridized carbons (Fsp3) is 0.647. The van der Waals surface area contributed by atoms with Crippen molar-refractivity contribution in [2.75, 3.05) is 0 Å². The lowest BCUT2D eigenvalue weighted by Crippen LogP contribution is -2.50. The van der Waals surface area contributed by atoms with Crippen LogP contribution >= 0.6 is 0 Å². The normalized spacial score (nSPS) is 22.2. The highest BCUT2D eigenvalue weighted by Gasteiger charge is 2.67. The molecule has 1 saturated carbocycles. The Hall–Kier alpha value is -3.06. The van der Waals surface area contributed by atoms with Crippen LogP contribution in [0.15, 0.2) is 0 Å². The van der Waals surface area contributed by atoms with Crippen LogP contribution in [0.2, 0.25) is 0 Å². The van der Waals surface area contributed by atoms with Crippen molar-refractivity contribution in [3.8, 4) is 36.4 Å². The Balaban J connectivity index is 3.72. The summed E-state index contributed by atoms with van der Waals surface area (Å²) in [4.78, 5) is 0. The molecule has 114 valence electrons. The van der Waals surface area contributed by atoms with Crippen LogP contribution in [0, 0.1) is 84.2 Å². The lowest BCUT2D eigenvalue weighted by molar-refractivity contribution is 0.151. The summed E-state index contributed by atoms with van der Waals surface area (Å²) in [6.45, 7) is 0. The summed E-state index contributed by atoms with van der Waals surface area (Å²) in [6.07, 6.45) is 4.42. The maximum absolute atomic E-state index is 9.71. The molecule has 0 atom stereocenters. The molecule has 0 N–H and O–H groups in total. The van der Waals surface area contributed by atoms with Crippen molar-refractivity contribution in [2.45, 2.75) is 51.4 Å². The van der Waals surface area contributed by atoms with Crippen LogP contribution in [0.3, 0.4) is 0 Å². The summed E-state index contributed by atoms with van der Waals surface area (Å²) >= 11 is 0. The van der Waals surface area contributed by atoms with E-state index in [1.165, 1.54) is 0 Å². The first-order chi connectivity index (χ1) is 11.1. The largest absolute Gasteiger partial charge is 0.206 e. The van der Waals surface area contributed by atoms with Crippen molar-refractivity contribution in [3.63, 3.8) is 0 Å². The Morgan fingerprint density at radius 1 is 0.435 bits per heavy atom. The third-order valence-corrected chi connectivity index (χ3v) is 4.73. The predicted octanol–water partition coefficient (Wildman–Crippen LogP) is 3.22. The zero-order valence-electron chi connectivity index (χ0n) is 12.8. The lowest BCUT2D eigenvalue weighted by Gasteiger charge is -2.38. The monoisotopic (exact) mass is 304 g/mol. The Bertz CT molecular complexity index is 604. The van der Waals surface area contributed by atoms with Crippen LogP contribution in [-0.4, -0.2) is 0 Å². The van der Waals surface area contributed by atoms with Crippen molar-refractivity contribution in [1.82, 2.24) is 0 Å². The fourth-order valence-corrected chi connectivity index (χ4v) is 3.24. The van der Waals surface area contributed by atoms with Gasteiger partial charge in [-0.3, -0.25) is 0 Å². The van der Waals surface area contributed by atoms with Crippen LogP contribution in [0.5, 0.6) is 0 Å². The van der Waals surface area contributed by atoms with Gasteiger partial charge in [-0.2, -0.15) is 31.6 Å². The molecule has 23 heavy (non-hydrogen) atoms. The summed E-state index contributed by atoms with van der Waals surface area (Å²) in [5.41, 5.74) is -6.28. The van der Waals surface area contributed by atoms with Crippen LogP contribution in [0.4, 0.5) is 0 Å². The van der Waals surface area contributed by atoms with Gasteiger partial charge in [0.25, 0.3) is 0 Å². The highest BCUT2D eigenvalue weighted by Crippen LogP contribution is 2.55. The zero-order chi connectivity index (χ0) is 17.4. The first kappa shape index (κ1) is 18.0. The van der Waals surface area contributed by atoms with E-state index < -0.39 is 16.2 Å². The third kappa shape index (κ3) is 2.58. The van der Waals surface area contributed by atoms with Crippen molar-refractivity contribution in [3.05, 3.63) is 0 Å². The number of nitriles is 6. The first-order valence-electron chi connectivity index (χ1n) is 7.55. The average molecular weight is 304 g/mol. The summed E-state index contributed by atoms with van der Waals surface area (Å²) < 4.78 is 0. The molecule has 1 aliphatic rings. The van der Waals surface area contributed by atoms with E-state index in [2.05, 4.69) is 0 Å². The van der Waals surface area contributed by atoms with Crippen LogP contribution in [0.25, 0.3) is 0 Å². The molecule has 6 heteroatoms. The molecule has 1 aliphatic carbocycles. The van der Waals surface area contributed by atoms with E-state index in [-0.39, 0.29) is 12.8 Å². The quantitative estimate of drug-likeness (QED) is 0.672. The lowest BCUT2D eigenvalue weighted by atomic mass is 9.51. The van der Waals surface area contributed by atoms with Crippen molar-refractivity contribution in [1.29, 1.82) is 31.6 Å². The molecule has 0 aromatic rings. The highest BCUT2D eigenvalue weighted by molar-refractivity contribution is 5.44. The van der Waals surface area contributed by atoms with E-state index in [4.69, 9.17) is 0 Å². The molecule has 0 aromatic heterocycles. The summed E-state index contributed by atoms with van der Waals surface area (Å²) in [5, 5.41) is 57.9. The maximum atomic E-state index is 9.71. The smallest absolute Gasteiger partial charge is 0.196 e. The molecule has 1 fully saturated rings. The van der Waals surface area contributed by atoms with Gasteiger partial charge in [0.2, 0.25) is 5.41 Å². The van der Waals surface area contributed by atoms with Crippen LogP contribution in [0.1, 0.15) is 51.4 Å². The average Bonchev–Trinajstić information content (AvgIpc) is 2.63. The Morgan fingerprint density at radius 2 is 0.739 bits per heavy atom. The summed E-state index contributed by atoms with van der Waals surface area (Å²) in [6, 6.07) is 10.7. The molecule has 1 rings (SSSR count).